The number of halogens is 1. The van der Waals surface area contributed by atoms with Crippen molar-refractivity contribution in [1.82, 2.24) is 35.9 Å². The number of benzene rings is 1. The van der Waals surface area contributed by atoms with Crippen molar-refractivity contribution in [1.29, 1.82) is 0 Å². The van der Waals surface area contributed by atoms with Crippen LogP contribution in [0.15, 0.2) is 30.5 Å². The number of aromatic amines is 1. The molecule has 1 aromatic carbocycles. The van der Waals surface area contributed by atoms with Gasteiger partial charge in [0.05, 0.1) is 24.0 Å². The highest BCUT2D eigenvalue weighted by Gasteiger charge is 2.48. The number of hydrazine groups is 1. The summed E-state index contributed by atoms with van der Waals surface area (Å²) in [7, 11) is 0. The standard InChI is InChI=1S/C28H38FN7O2/c1-2-17-15-19(37)3-4-20(17)21-5-6-22-25(24(21)29)33-34-26(22)27-31-16-23(32-27)18-7-10-35(11-8-18)13-14-36-12-9-30-28(36)38/h3-4,7,15-16,21-22,24-26,33-34,37H,2,5-6,8-14H2,1H3,(H,30,38)(H,31,32). The van der Waals surface area contributed by atoms with Crippen molar-refractivity contribution in [3.05, 3.63) is 53.1 Å². The molecule has 9 nitrogen and oxygen atoms in total. The maximum atomic E-state index is 15.9. The van der Waals surface area contributed by atoms with E-state index in [4.69, 9.17) is 4.98 Å². The van der Waals surface area contributed by atoms with Crippen LogP contribution in [-0.4, -0.2) is 82.4 Å². The Balaban J connectivity index is 1.08. The van der Waals surface area contributed by atoms with E-state index in [0.29, 0.717) is 0 Å². The molecular formula is C28H38FN7O2. The fourth-order valence-electron chi connectivity index (χ4n) is 6.71. The van der Waals surface area contributed by atoms with Gasteiger partial charge in [-0.2, -0.15) is 0 Å². The molecule has 5 unspecified atom stereocenters. The van der Waals surface area contributed by atoms with E-state index in [0.717, 1.165) is 87.6 Å². The second-order valence-corrected chi connectivity index (χ2v) is 11.0. The summed E-state index contributed by atoms with van der Waals surface area (Å²) in [5.74, 6) is 1.03. The van der Waals surface area contributed by atoms with Crippen LogP contribution in [0.5, 0.6) is 5.75 Å². The van der Waals surface area contributed by atoms with Crippen molar-refractivity contribution in [3.8, 4) is 5.75 Å². The van der Waals surface area contributed by atoms with Crippen molar-refractivity contribution in [3.63, 3.8) is 0 Å². The average molecular weight is 524 g/mol. The number of carbonyl (C=O) groups excluding carboxylic acids is 1. The number of hydrogen-bond donors (Lipinski definition) is 5. The Labute approximate surface area is 222 Å². The number of urea groups is 1. The van der Waals surface area contributed by atoms with E-state index in [-0.39, 0.29) is 35.7 Å². The summed E-state index contributed by atoms with van der Waals surface area (Å²) in [5.41, 5.74) is 10.9. The number of rotatable bonds is 7. The largest absolute Gasteiger partial charge is 0.508 e. The Hall–Kier alpha value is -2.95. The predicted octanol–water partition coefficient (Wildman–Crippen LogP) is 2.84. The first-order valence-corrected chi connectivity index (χ1v) is 14.0. The molecule has 10 heteroatoms. The number of H-pyrrole nitrogens is 1. The highest BCUT2D eigenvalue weighted by Crippen LogP contribution is 2.45. The zero-order valence-corrected chi connectivity index (χ0v) is 21.9. The number of aromatic hydroxyl groups is 1. The Morgan fingerprint density at radius 1 is 1.18 bits per heavy atom. The molecule has 6 rings (SSSR count). The van der Waals surface area contributed by atoms with Gasteiger partial charge in [-0.05, 0) is 54.5 Å². The Morgan fingerprint density at radius 2 is 2.08 bits per heavy atom. The predicted molar refractivity (Wildman–Crippen MR) is 143 cm³/mol. The van der Waals surface area contributed by atoms with Gasteiger partial charge in [-0.3, -0.25) is 10.3 Å². The van der Waals surface area contributed by atoms with Gasteiger partial charge < -0.3 is 20.3 Å². The van der Waals surface area contributed by atoms with Crippen LogP contribution < -0.4 is 16.2 Å². The number of fused-ring (bicyclic) bond motifs is 1. The second-order valence-electron chi connectivity index (χ2n) is 11.0. The van der Waals surface area contributed by atoms with E-state index in [1.54, 1.807) is 12.1 Å². The number of carbonyl (C=O) groups is 1. The van der Waals surface area contributed by atoms with Crippen molar-refractivity contribution >= 4 is 11.6 Å². The summed E-state index contributed by atoms with van der Waals surface area (Å²) in [6, 6.07) is 5.03. The van der Waals surface area contributed by atoms with Gasteiger partial charge in [0.1, 0.15) is 17.7 Å². The van der Waals surface area contributed by atoms with Gasteiger partial charge in [0.25, 0.3) is 0 Å². The van der Waals surface area contributed by atoms with Gasteiger partial charge in [-0.1, -0.05) is 19.1 Å². The third kappa shape index (κ3) is 4.81. The summed E-state index contributed by atoms with van der Waals surface area (Å²) < 4.78 is 15.9. The lowest BCUT2D eigenvalue weighted by atomic mass is 9.71. The number of hydrogen-bond acceptors (Lipinski definition) is 6. The van der Waals surface area contributed by atoms with Gasteiger partial charge in [-0.15, -0.1) is 0 Å². The van der Waals surface area contributed by atoms with E-state index in [2.05, 4.69) is 32.1 Å². The van der Waals surface area contributed by atoms with E-state index in [1.165, 1.54) is 5.57 Å². The molecule has 3 aliphatic heterocycles. The summed E-state index contributed by atoms with van der Waals surface area (Å²) in [6.45, 7) is 7.02. The molecule has 4 heterocycles. The first-order valence-electron chi connectivity index (χ1n) is 14.0. The van der Waals surface area contributed by atoms with Crippen molar-refractivity contribution in [2.24, 2.45) is 5.92 Å². The van der Waals surface area contributed by atoms with Gasteiger partial charge in [-0.25, -0.2) is 19.6 Å². The summed E-state index contributed by atoms with van der Waals surface area (Å²) in [4.78, 5) is 24.2. The maximum absolute atomic E-state index is 15.9. The smallest absolute Gasteiger partial charge is 0.317 e. The number of alkyl halides is 1. The third-order valence-electron chi connectivity index (χ3n) is 8.90. The molecule has 38 heavy (non-hydrogen) atoms. The molecule has 204 valence electrons. The normalized spacial score (nSPS) is 29.8. The van der Waals surface area contributed by atoms with Crippen molar-refractivity contribution < 1.29 is 14.3 Å². The molecule has 2 saturated heterocycles. The summed E-state index contributed by atoms with van der Waals surface area (Å²) >= 11 is 0. The Bertz CT molecular complexity index is 1200. The number of nitrogens with zero attached hydrogens (tertiary/aromatic N) is 3. The summed E-state index contributed by atoms with van der Waals surface area (Å²) in [5, 5.41) is 12.7. The fourth-order valence-corrected chi connectivity index (χ4v) is 6.71. The van der Waals surface area contributed by atoms with Gasteiger partial charge >= 0.3 is 6.03 Å². The number of aromatic nitrogens is 2. The number of aryl methyl sites for hydroxylation is 1. The lowest BCUT2D eigenvalue weighted by molar-refractivity contribution is 0.135. The molecule has 0 radical (unpaired) electrons. The highest BCUT2D eigenvalue weighted by molar-refractivity contribution is 5.76. The molecule has 1 aromatic heterocycles. The second kappa shape index (κ2) is 10.7. The Kier molecular flexibility index (Phi) is 7.11. The average Bonchev–Trinajstić information content (AvgIpc) is 3.68. The van der Waals surface area contributed by atoms with Crippen LogP contribution in [0, 0.1) is 5.92 Å². The Morgan fingerprint density at radius 3 is 2.84 bits per heavy atom. The molecule has 2 aromatic rings. The lowest BCUT2D eigenvalue weighted by Crippen LogP contribution is -2.45. The number of imidazole rings is 1. The number of phenols is 1. The lowest BCUT2D eigenvalue weighted by Gasteiger charge is -2.36. The van der Waals surface area contributed by atoms with E-state index in [1.807, 2.05) is 24.1 Å². The number of amides is 2. The number of phenolic OH excluding ortho intramolecular Hbond substituents is 1. The minimum Gasteiger partial charge on any atom is -0.508 e. The van der Waals surface area contributed by atoms with Gasteiger partial charge in [0, 0.05) is 51.1 Å². The topological polar surface area (TPSA) is 109 Å². The number of nitrogens with one attached hydrogen (secondary N) is 4. The molecule has 2 amide bonds. The van der Waals surface area contributed by atoms with E-state index in [9.17, 15) is 9.90 Å². The van der Waals surface area contributed by atoms with Crippen LogP contribution in [0.4, 0.5) is 9.18 Å². The molecular weight excluding hydrogens is 485 g/mol. The molecule has 3 fully saturated rings. The molecule has 5 atom stereocenters. The highest BCUT2D eigenvalue weighted by atomic mass is 19.1. The zero-order chi connectivity index (χ0) is 26.2. The van der Waals surface area contributed by atoms with Gasteiger partial charge in [0.2, 0.25) is 0 Å². The van der Waals surface area contributed by atoms with Crippen LogP contribution in [0.3, 0.4) is 0 Å². The third-order valence-corrected chi connectivity index (χ3v) is 8.90. The SMILES string of the molecule is CCc1cc(O)ccc1C1CCC2C(c3ncc(C4=CCN(CCN5CCNC5=O)CC4)[nH]3)NNC2C1F. The quantitative estimate of drug-likeness (QED) is 0.382. The van der Waals surface area contributed by atoms with Crippen molar-refractivity contribution in [2.45, 2.75) is 56.8 Å². The molecule has 4 aliphatic rings. The first kappa shape index (κ1) is 25.3. The molecule has 1 saturated carbocycles. The minimum atomic E-state index is -1.02. The molecule has 0 bridgehead atoms. The summed E-state index contributed by atoms with van der Waals surface area (Å²) in [6.07, 6.45) is 6.50. The van der Waals surface area contributed by atoms with Crippen LogP contribution in [0.2, 0.25) is 0 Å². The first-order chi connectivity index (χ1) is 18.5. The van der Waals surface area contributed by atoms with Crippen LogP contribution in [0.1, 0.15) is 60.8 Å². The van der Waals surface area contributed by atoms with Crippen molar-refractivity contribution in [2.75, 3.05) is 39.3 Å². The monoisotopic (exact) mass is 523 g/mol. The maximum Gasteiger partial charge on any atom is 0.317 e. The fraction of sp³-hybridized carbons (Fsp3) is 0.571. The van der Waals surface area contributed by atoms with Crippen LogP contribution in [-0.2, 0) is 6.42 Å². The van der Waals surface area contributed by atoms with E-state index < -0.39 is 6.17 Å². The van der Waals surface area contributed by atoms with Gasteiger partial charge in [0.15, 0.2) is 0 Å². The molecule has 0 spiro atoms. The minimum absolute atomic E-state index is 0.0408. The molecule has 1 aliphatic carbocycles. The van der Waals surface area contributed by atoms with Crippen LogP contribution in [0.25, 0.3) is 5.57 Å². The molecule has 5 N–H and O–H groups in total. The zero-order valence-electron chi connectivity index (χ0n) is 21.9. The van der Waals surface area contributed by atoms with Crippen LogP contribution >= 0.6 is 0 Å². The van der Waals surface area contributed by atoms with E-state index >= 15 is 4.39 Å².